The smallest absolute Gasteiger partial charge is 0.256 e. The van der Waals surface area contributed by atoms with Crippen LogP contribution in [0.4, 0.5) is 0 Å². The summed E-state index contributed by atoms with van der Waals surface area (Å²) in [7, 11) is 0. The van der Waals surface area contributed by atoms with Crippen molar-refractivity contribution in [3.63, 3.8) is 0 Å². The topological polar surface area (TPSA) is 29.5 Å². The van der Waals surface area contributed by atoms with E-state index in [0.29, 0.717) is 23.7 Å². The molecule has 0 N–H and O–H groups in total. The summed E-state index contributed by atoms with van der Waals surface area (Å²) in [4.78, 5) is 14.6. The van der Waals surface area contributed by atoms with Gasteiger partial charge in [-0.25, -0.2) is 0 Å². The zero-order valence-electron chi connectivity index (χ0n) is 10.9. The standard InChI is InChI=1S/C15H18ClNO2/c16-13-6-4-12(5-7-13)14(18)17-10-11-19-15(17)8-2-1-3-9-15/h4-7H,1-3,8-11H2. The molecule has 0 aromatic heterocycles. The van der Waals surface area contributed by atoms with Crippen LogP contribution in [-0.2, 0) is 4.74 Å². The highest BCUT2D eigenvalue weighted by Gasteiger charge is 2.45. The van der Waals surface area contributed by atoms with Crippen LogP contribution in [0.3, 0.4) is 0 Å². The Morgan fingerprint density at radius 2 is 1.84 bits per heavy atom. The van der Waals surface area contributed by atoms with E-state index in [9.17, 15) is 4.79 Å². The molecule has 4 heteroatoms. The highest BCUT2D eigenvalue weighted by molar-refractivity contribution is 6.30. The van der Waals surface area contributed by atoms with E-state index in [1.54, 1.807) is 24.3 Å². The van der Waals surface area contributed by atoms with Gasteiger partial charge in [0.05, 0.1) is 6.61 Å². The predicted octanol–water partition coefficient (Wildman–Crippen LogP) is 3.47. The van der Waals surface area contributed by atoms with Crippen molar-refractivity contribution in [2.24, 2.45) is 0 Å². The third kappa shape index (κ3) is 2.37. The van der Waals surface area contributed by atoms with E-state index in [1.807, 2.05) is 4.90 Å². The number of rotatable bonds is 1. The quantitative estimate of drug-likeness (QED) is 0.788. The van der Waals surface area contributed by atoms with Gasteiger partial charge >= 0.3 is 0 Å². The minimum atomic E-state index is -0.338. The minimum Gasteiger partial charge on any atom is -0.354 e. The fourth-order valence-corrected chi connectivity index (χ4v) is 3.29. The van der Waals surface area contributed by atoms with Crippen molar-refractivity contribution in [1.82, 2.24) is 4.90 Å². The van der Waals surface area contributed by atoms with E-state index in [-0.39, 0.29) is 11.6 Å². The van der Waals surface area contributed by atoms with Crippen LogP contribution in [0.15, 0.2) is 24.3 Å². The molecule has 0 unspecified atom stereocenters. The summed E-state index contributed by atoms with van der Waals surface area (Å²) in [5, 5.41) is 0.654. The Morgan fingerprint density at radius 1 is 1.16 bits per heavy atom. The fourth-order valence-electron chi connectivity index (χ4n) is 3.16. The Morgan fingerprint density at radius 3 is 2.53 bits per heavy atom. The first-order chi connectivity index (χ1) is 9.21. The first-order valence-electron chi connectivity index (χ1n) is 6.93. The molecule has 2 fully saturated rings. The number of ether oxygens (including phenoxy) is 1. The molecule has 1 saturated heterocycles. The van der Waals surface area contributed by atoms with Crippen molar-refractivity contribution in [3.05, 3.63) is 34.9 Å². The monoisotopic (exact) mass is 279 g/mol. The third-order valence-corrected chi connectivity index (χ3v) is 4.40. The summed E-state index contributed by atoms with van der Waals surface area (Å²) in [5.41, 5.74) is 0.356. The van der Waals surface area contributed by atoms with E-state index in [4.69, 9.17) is 16.3 Å². The average molecular weight is 280 g/mol. The molecule has 3 rings (SSSR count). The maximum absolute atomic E-state index is 12.6. The van der Waals surface area contributed by atoms with Gasteiger partial charge in [-0.15, -0.1) is 0 Å². The first-order valence-corrected chi connectivity index (χ1v) is 7.31. The first kappa shape index (κ1) is 12.9. The second-order valence-corrected chi connectivity index (χ2v) is 5.76. The van der Waals surface area contributed by atoms with E-state index in [2.05, 4.69) is 0 Å². The number of nitrogens with zero attached hydrogens (tertiary/aromatic N) is 1. The van der Waals surface area contributed by atoms with Crippen LogP contribution in [-0.4, -0.2) is 29.7 Å². The summed E-state index contributed by atoms with van der Waals surface area (Å²) in [6, 6.07) is 7.11. The van der Waals surface area contributed by atoms with Crippen LogP contribution >= 0.6 is 11.6 Å². The molecule has 1 heterocycles. The Hall–Kier alpha value is -1.06. The van der Waals surface area contributed by atoms with Gasteiger partial charge in [0.15, 0.2) is 0 Å². The Bertz CT molecular complexity index is 466. The van der Waals surface area contributed by atoms with Gasteiger partial charge in [0, 0.05) is 17.1 Å². The summed E-state index contributed by atoms with van der Waals surface area (Å²) in [6.45, 7) is 1.35. The third-order valence-electron chi connectivity index (χ3n) is 4.15. The van der Waals surface area contributed by atoms with Gasteiger partial charge in [-0.3, -0.25) is 4.79 Å². The van der Waals surface area contributed by atoms with Crippen molar-refractivity contribution in [1.29, 1.82) is 0 Å². The molecule has 0 bridgehead atoms. The van der Waals surface area contributed by atoms with Crippen molar-refractivity contribution in [2.75, 3.05) is 13.2 Å². The molecule has 0 atom stereocenters. The van der Waals surface area contributed by atoms with Gasteiger partial charge in [-0.2, -0.15) is 0 Å². The van der Waals surface area contributed by atoms with Crippen LogP contribution in [0.5, 0.6) is 0 Å². The predicted molar refractivity (Wildman–Crippen MR) is 74.3 cm³/mol. The molecule has 2 aliphatic rings. The molecule has 3 nitrogen and oxygen atoms in total. The molecule has 0 radical (unpaired) electrons. The summed E-state index contributed by atoms with van der Waals surface area (Å²) < 4.78 is 5.94. The van der Waals surface area contributed by atoms with E-state index >= 15 is 0 Å². The molecule has 1 aromatic rings. The van der Waals surface area contributed by atoms with Crippen LogP contribution in [0, 0.1) is 0 Å². The lowest BCUT2D eigenvalue weighted by atomic mass is 9.90. The molecule has 102 valence electrons. The number of hydrogen-bond acceptors (Lipinski definition) is 2. The Labute approximate surface area is 118 Å². The second-order valence-electron chi connectivity index (χ2n) is 5.32. The molecule has 1 saturated carbocycles. The minimum absolute atomic E-state index is 0.0658. The molecule has 1 aliphatic heterocycles. The maximum Gasteiger partial charge on any atom is 0.256 e. The van der Waals surface area contributed by atoms with Gasteiger partial charge in [0.25, 0.3) is 5.91 Å². The van der Waals surface area contributed by atoms with Crippen molar-refractivity contribution in [2.45, 2.75) is 37.8 Å². The molecule has 1 spiro atoms. The van der Waals surface area contributed by atoms with Crippen LogP contribution in [0.2, 0.25) is 5.02 Å². The molecule has 19 heavy (non-hydrogen) atoms. The zero-order chi connectivity index (χ0) is 13.3. The highest BCUT2D eigenvalue weighted by atomic mass is 35.5. The Balaban J connectivity index is 1.84. The summed E-state index contributed by atoms with van der Waals surface area (Å²) in [6.07, 6.45) is 5.46. The second kappa shape index (κ2) is 5.14. The fraction of sp³-hybridized carbons (Fsp3) is 0.533. The molecular weight excluding hydrogens is 262 g/mol. The van der Waals surface area contributed by atoms with Crippen LogP contribution < -0.4 is 0 Å². The van der Waals surface area contributed by atoms with Crippen molar-refractivity contribution < 1.29 is 9.53 Å². The van der Waals surface area contributed by atoms with Gasteiger partial charge < -0.3 is 9.64 Å². The maximum atomic E-state index is 12.6. The molecule has 1 aliphatic carbocycles. The van der Waals surface area contributed by atoms with Crippen LogP contribution in [0.1, 0.15) is 42.5 Å². The summed E-state index contributed by atoms with van der Waals surface area (Å²) in [5.74, 6) is 0.0658. The Kier molecular flexibility index (Phi) is 3.50. The van der Waals surface area contributed by atoms with Gasteiger partial charge in [-0.05, 0) is 49.9 Å². The number of hydrogen-bond donors (Lipinski definition) is 0. The lowest BCUT2D eigenvalue weighted by molar-refractivity contribution is -0.0919. The molecule has 1 aromatic carbocycles. The molecular formula is C15H18ClNO2. The lowest BCUT2D eigenvalue weighted by Crippen LogP contribution is -2.49. The highest BCUT2D eigenvalue weighted by Crippen LogP contribution is 2.38. The van der Waals surface area contributed by atoms with Gasteiger partial charge in [-0.1, -0.05) is 18.0 Å². The largest absolute Gasteiger partial charge is 0.354 e. The van der Waals surface area contributed by atoms with Crippen molar-refractivity contribution in [3.8, 4) is 0 Å². The van der Waals surface area contributed by atoms with Gasteiger partial charge in [0.2, 0.25) is 0 Å². The normalized spacial score (nSPS) is 21.8. The van der Waals surface area contributed by atoms with E-state index < -0.39 is 0 Å². The van der Waals surface area contributed by atoms with Crippen LogP contribution in [0.25, 0.3) is 0 Å². The summed E-state index contributed by atoms with van der Waals surface area (Å²) >= 11 is 5.87. The van der Waals surface area contributed by atoms with Crippen molar-refractivity contribution >= 4 is 17.5 Å². The lowest BCUT2D eigenvalue weighted by Gasteiger charge is -2.40. The number of benzene rings is 1. The zero-order valence-corrected chi connectivity index (χ0v) is 11.7. The number of amides is 1. The SMILES string of the molecule is O=C(c1ccc(Cl)cc1)N1CCOC12CCCCC2. The van der Waals surface area contributed by atoms with E-state index in [0.717, 1.165) is 25.7 Å². The number of carbonyl (C=O) groups is 1. The number of halogens is 1. The molecule has 1 amide bonds. The number of carbonyl (C=O) groups excluding carboxylic acids is 1. The average Bonchev–Trinajstić information content (AvgIpc) is 2.83. The van der Waals surface area contributed by atoms with Gasteiger partial charge in [0.1, 0.15) is 5.72 Å². The van der Waals surface area contributed by atoms with E-state index in [1.165, 1.54) is 6.42 Å².